The lowest BCUT2D eigenvalue weighted by Gasteiger charge is -2.14. The molecule has 4 rings (SSSR count). The molecule has 4 nitrogen and oxygen atoms in total. The highest BCUT2D eigenvalue weighted by molar-refractivity contribution is 7.17. The predicted molar refractivity (Wildman–Crippen MR) is 93.9 cm³/mol. The minimum absolute atomic E-state index is 0.151. The van der Waals surface area contributed by atoms with Gasteiger partial charge < -0.3 is 10.1 Å². The molecule has 2 aliphatic rings. The van der Waals surface area contributed by atoms with Gasteiger partial charge in [0.25, 0.3) is 5.91 Å². The molecule has 148 valence electrons. The lowest BCUT2D eigenvalue weighted by molar-refractivity contribution is -0.138. The first-order valence-corrected chi connectivity index (χ1v) is 9.48. The third-order valence-electron chi connectivity index (χ3n) is 4.86. The van der Waals surface area contributed by atoms with Gasteiger partial charge in [-0.15, -0.1) is 11.3 Å². The maximum atomic E-state index is 14.1. The Hall–Kier alpha value is -2.26. The number of Topliss-reactive ketones (excluding diaryl/α,β-unsaturated/α-hetero) is 1. The van der Waals surface area contributed by atoms with Crippen LogP contribution in [0.5, 0.6) is 0 Å². The SMILES string of the molecule is CC1OCc2sc(NC(=O)c3c(F)cccc3C(F)(F)F)c(C(=O)C3CC3)c21. The summed E-state index contributed by atoms with van der Waals surface area (Å²) in [6, 6.07) is 2.35. The highest BCUT2D eigenvalue weighted by atomic mass is 32.1. The van der Waals surface area contributed by atoms with Gasteiger partial charge in [-0.2, -0.15) is 13.2 Å². The first kappa shape index (κ1) is 19.1. The van der Waals surface area contributed by atoms with E-state index in [2.05, 4.69) is 5.32 Å². The standard InChI is InChI=1S/C19H15F4NO3S/c1-8-13-12(7-27-8)28-18(15(13)16(25)9-5-6-9)24-17(26)14-10(19(21,22)23)3-2-4-11(14)20/h2-4,8-9H,5-7H2,1H3,(H,24,26). The molecule has 1 atom stereocenters. The quantitative estimate of drug-likeness (QED) is 0.544. The molecule has 1 aromatic carbocycles. The van der Waals surface area contributed by atoms with E-state index in [1.54, 1.807) is 6.92 Å². The van der Waals surface area contributed by atoms with Gasteiger partial charge in [-0.05, 0) is 31.9 Å². The first-order chi connectivity index (χ1) is 13.2. The molecule has 0 radical (unpaired) electrons. The van der Waals surface area contributed by atoms with E-state index in [4.69, 9.17) is 4.74 Å². The fraction of sp³-hybridized carbons (Fsp3) is 0.368. The Labute approximate surface area is 161 Å². The smallest absolute Gasteiger partial charge is 0.368 e. The van der Waals surface area contributed by atoms with Crippen LogP contribution in [0.15, 0.2) is 18.2 Å². The van der Waals surface area contributed by atoms with Crippen molar-refractivity contribution in [2.75, 3.05) is 5.32 Å². The Morgan fingerprint density at radius 2 is 1.93 bits per heavy atom. The topological polar surface area (TPSA) is 55.4 Å². The highest BCUT2D eigenvalue weighted by Crippen LogP contribution is 2.47. The van der Waals surface area contributed by atoms with Crippen LogP contribution in [0.3, 0.4) is 0 Å². The molecule has 0 saturated heterocycles. The average molecular weight is 413 g/mol. The van der Waals surface area contributed by atoms with Crippen LogP contribution in [0.4, 0.5) is 22.6 Å². The van der Waals surface area contributed by atoms with Crippen molar-refractivity contribution in [3.05, 3.63) is 51.1 Å². The lowest BCUT2D eigenvalue weighted by atomic mass is 10.0. The molecule has 1 N–H and O–H groups in total. The summed E-state index contributed by atoms with van der Waals surface area (Å²) in [7, 11) is 0. The Morgan fingerprint density at radius 3 is 2.57 bits per heavy atom. The molecular weight excluding hydrogens is 398 g/mol. The minimum atomic E-state index is -4.89. The zero-order chi connectivity index (χ0) is 20.2. The normalized spacial score (nSPS) is 18.8. The van der Waals surface area contributed by atoms with E-state index in [0.29, 0.717) is 11.6 Å². The van der Waals surface area contributed by atoms with E-state index in [1.807, 2.05) is 0 Å². The molecule has 28 heavy (non-hydrogen) atoms. The van der Waals surface area contributed by atoms with E-state index in [9.17, 15) is 27.2 Å². The van der Waals surface area contributed by atoms with Gasteiger partial charge in [0.1, 0.15) is 10.8 Å². The molecule has 1 aliphatic heterocycles. The van der Waals surface area contributed by atoms with Crippen molar-refractivity contribution in [3.8, 4) is 0 Å². The Bertz CT molecular complexity index is 978. The molecule has 1 unspecified atom stereocenters. The molecular formula is C19H15F4NO3S. The third-order valence-corrected chi connectivity index (χ3v) is 5.96. The Kier molecular flexibility index (Phi) is 4.54. The van der Waals surface area contributed by atoms with Crippen molar-refractivity contribution in [1.82, 2.24) is 0 Å². The minimum Gasteiger partial charge on any atom is -0.368 e. The van der Waals surface area contributed by atoms with Crippen LogP contribution in [0.25, 0.3) is 0 Å². The summed E-state index contributed by atoms with van der Waals surface area (Å²) in [6.45, 7) is 2.03. The molecule has 1 saturated carbocycles. The summed E-state index contributed by atoms with van der Waals surface area (Å²) in [4.78, 5) is 26.1. The summed E-state index contributed by atoms with van der Waals surface area (Å²) >= 11 is 1.09. The van der Waals surface area contributed by atoms with Gasteiger partial charge in [0.05, 0.1) is 29.4 Å². The number of fused-ring (bicyclic) bond motifs is 1. The maximum absolute atomic E-state index is 14.1. The zero-order valence-electron chi connectivity index (χ0n) is 14.7. The number of hydrogen-bond donors (Lipinski definition) is 1. The highest BCUT2D eigenvalue weighted by Gasteiger charge is 2.40. The number of ether oxygens (including phenoxy) is 1. The molecule has 2 aromatic rings. The number of thiophene rings is 1. The largest absolute Gasteiger partial charge is 0.417 e. The monoisotopic (exact) mass is 413 g/mol. The molecule has 9 heteroatoms. The van der Waals surface area contributed by atoms with Crippen LogP contribution in [0.1, 0.15) is 62.6 Å². The molecule has 1 aromatic heterocycles. The number of nitrogens with one attached hydrogen (secondary N) is 1. The molecule has 1 fully saturated rings. The zero-order valence-corrected chi connectivity index (χ0v) is 15.5. The summed E-state index contributed by atoms with van der Waals surface area (Å²) in [6.07, 6.45) is -3.77. The fourth-order valence-electron chi connectivity index (χ4n) is 3.35. The maximum Gasteiger partial charge on any atom is 0.417 e. The van der Waals surface area contributed by atoms with Crippen molar-refractivity contribution >= 4 is 28.0 Å². The Morgan fingerprint density at radius 1 is 1.21 bits per heavy atom. The van der Waals surface area contributed by atoms with E-state index >= 15 is 0 Å². The summed E-state index contributed by atoms with van der Waals surface area (Å²) in [5.74, 6) is -2.82. The van der Waals surface area contributed by atoms with E-state index in [0.717, 1.165) is 41.2 Å². The first-order valence-electron chi connectivity index (χ1n) is 8.67. The summed E-state index contributed by atoms with van der Waals surface area (Å²) in [5.41, 5.74) is -1.49. The van der Waals surface area contributed by atoms with Gasteiger partial charge in [-0.25, -0.2) is 4.39 Å². The molecule has 0 bridgehead atoms. The van der Waals surface area contributed by atoms with E-state index in [-0.39, 0.29) is 35.0 Å². The van der Waals surface area contributed by atoms with Crippen LogP contribution in [-0.4, -0.2) is 11.7 Å². The molecule has 1 aliphatic carbocycles. The molecule has 1 amide bonds. The number of benzene rings is 1. The van der Waals surface area contributed by atoms with Crippen molar-refractivity contribution in [1.29, 1.82) is 0 Å². The van der Waals surface area contributed by atoms with Gasteiger partial charge in [0.2, 0.25) is 0 Å². The number of hydrogen-bond acceptors (Lipinski definition) is 4. The van der Waals surface area contributed by atoms with Gasteiger partial charge >= 0.3 is 6.18 Å². The van der Waals surface area contributed by atoms with Gasteiger partial charge in [0.15, 0.2) is 5.78 Å². The van der Waals surface area contributed by atoms with Gasteiger partial charge in [-0.1, -0.05) is 6.07 Å². The number of halogens is 4. The lowest BCUT2D eigenvalue weighted by Crippen LogP contribution is -2.21. The number of alkyl halides is 3. The number of rotatable bonds is 4. The van der Waals surface area contributed by atoms with Crippen molar-refractivity contribution < 1.29 is 31.9 Å². The van der Waals surface area contributed by atoms with E-state index in [1.165, 1.54) is 0 Å². The summed E-state index contributed by atoms with van der Waals surface area (Å²) < 4.78 is 59.3. The number of anilines is 1. The van der Waals surface area contributed by atoms with E-state index < -0.39 is 29.0 Å². The predicted octanol–water partition coefficient (Wildman–Crippen LogP) is 5.34. The van der Waals surface area contributed by atoms with Crippen LogP contribution in [0, 0.1) is 11.7 Å². The second-order valence-electron chi connectivity index (χ2n) is 6.85. The number of carbonyl (C=O) groups is 2. The van der Waals surface area contributed by atoms with Crippen LogP contribution < -0.4 is 5.32 Å². The average Bonchev–Trinajstić information content (AvgIpc) is 3.32. The van der Waals surface area contributed by atoms with Crippen LogP contribution in [-0.2, 0) is 17.5 Å². The van der Waals surface area contributed by atoms with Gasteiger partial charge in [0, 0.05) is 16.4 Å². The van der Waals surface area contributed by atoms with Gasteiger partial charge in [-0.3, -0.25) is 9.59 Å². The summed E-state index contributed by atoms with van der Waals surface area (Å²) in [5, 5.41) is 2.51. The molecule has 2 heterocycles. The van der Waals surface area contributed by atoms with Crippen molar-refractivity contribution in [2.45, 2.75) is 38.7 Å². The van der Waals surface area contributed by atoms with Crippen molar-refractivity contribution in [2.24, 2.45) is 5.92 Å². The second kappa shape index (κ2) is 6.66. The van der Waals surface area contributed by atoms with Crippen LogP contribution in [0.2, 0.25) is 0 Å². The fourth-order valence-corrected chi connectivity index (χ4v) is 4.56. The Balaban J connectivity index is 1.74. The third kappa shape index (κ3) is 3.22. The second-order valence-corrected chi connectivity index (χ2v) is 7.95. The molecule has 0 spiro atoms. The number of amides is 1. The number of carbonyl (C=O) groups excluding carboxylic acids is 2. The van der Waals surface area contributed by atoms with Crippen LogP contribution >= 0.6 is 11.3 Å². The van der Waals surface area contributed by atoms with Crippen molar-refractivity contribution in [3.63, 3.8) is 0 Å². The number of ketones is 1.